The normalized spacial score (nSPS) is 24.2. The molecule has 2 aliphatic heterocycles. The number of fused-ring (bicyclic) bond motifs is 1. The van der Waals surface area contributed by atoms with Gasteiger partial charge in [0.1, 0.15) is 5.15 Å². The summed E-state index contributed by atoms with van der Waals surface area (Å²) < 4.78 is 36.9. The lowest BCUT2D eigenvalue weighted by Gasteiger charge is -2.51. The summed E-state index contributed by atoms with van der Waals surface area (Å²) in [6.45, 7) is 4.16. The number of anilines is 1. The largest absolute Gasteiger partial charge is 0.365 e. The summed E-state index contributed by atoms with van der Waals surface area (Å²) in [6, 6.07) is 6.21. The number of hydrogen-bond donors (Lipinski definition) is 0. The van der Waals surface area contributed by atoms with Crippen molar-refractivity contribution >= 4 is 38.1 Å². The maximum atomic E-state index is 11.9. The molecule has 0 aliphatic carbocycles. The summed E-state index contributed by atoms with van der Waals surface area (Å²) in [5.41, 5.74) is 2.27. The average Bonchev–Trinajstić information content (AvgIpc) is 2.76. The van der Waals surface area contributed by atoms with Gasteiger partial charge in [0.05, 0.1) is 18.9 Å². The first kappa shape index (κ1) is 23.7. The van der Waals surface area contributed by atoms with E-state index in [0.717, 1.165) is 55.2 Å². The second-order valence-corrected chi connectivity index (χ2v) is 11.2. The molecule has 176 valence electrons. The number of pyridine rings is 1. The highest BCUT2D eigenvalue weighted by Gasteiger charge is 2.41. The van der Waals surface area contributed by atoms with E-state index in [1.54, 1.807) is 7.05 Å². The molecule has 9 heteroatoms. The Morgan fingerprint density at radius 3 is 2.81 bits per heavy atom. The predicted molar refractivity (Wildman–Crippen MR) is 128 cm³/mol. The molecule has 4 rings (SSSR count). The van der Waals surface area contributed by atoms with Crippen molar-refractivity contribution < 1.29 is 17.9 Å². The van der Waals surface area contributed by atoms with E-state index in [-0.39, 0.29) is 18.4 Å². The second kappa shape index (κ2) is 9.81. The summed E-state index contributed by atoms with van der Waals surface area (Å²) >= 11 is 6.24. The van der Waals surface area contributed by atoms with Gasteiger partial charge in [-0.05, 0) is 62.1 Å². The fourth-order valence-corrected chi connectivity index (χ4v) is 5.51. The van der Waals surface area contributed by atoms with Gasteiger partial charge in [0, 0.05) is 43.5 Å². The monoisotopic (exact) mass is 481 g/mol. The zero-order valence-electron chi connectivity index (χ0n) is 19.0. The van der Waals surface area contributed by atoms with E-state index >= 15 is 0 Å². The van der Waals surface area contributed by atoms with Gasteiger partial charge < -0.3 is 14.4 Å². The van der Waals surface area contributed by atoms with Gasteiger partial charge in [-0.3, -0.25) is 0 Å². The van der Waals surface area contributed by atoms with E-state index < -0.39 is 10.0 Å². The Labute approximate surface area is 195 Å². The topological polar surface area (TPSA) is 72.0 Å². The molecular weight excluding hydrogens is 450 g/mol. The van der Waals surface area contributed by atoms with Crippen molar-refractivity contribution in [3.8, 4) is 0 Å². The molecule has 3 atom stereocenters. The third-order valence-corrected chi connectivity index (χ3v) is 8.22. The Balaban J connectivity index is 1.47. The van der Waals surface area contributed by atoms with Gasteiger partial charge in [-0.1, -0.05) is 17.7 Å². The van der Waals surface area contributed by atoms with Crippen molar-refractivity contribution in [1.82, 2.24) is 9.29 Å². The first-order valence-electron chi connectivity index (χ1n) is 11.3. The summed E-state index contributed by atoms with van der Waals surface area (Å²) in [7, 11) is -1.57. The summed E-state index contributed by atoms with van der Waals surface area (Å²) in [5.74, 6) is 0. The van der Waals surface area contributed by atoms with E-state index in [1.165, 1.54) is 16.1 Å². The van der Waals surface area contributed by atoms with Crippen LogP contribution in [0.1, 0.15) is 38.2 Å². The molecule has 7 nitrogen and oxygen atoms in total. The smallest absolute Gasteiger partial charge is 0.211 e. The van der Waals surface area contributed by atoms with Crippen molar-refractivity contribution in [3.05, 3.63) is 35.1 Å². The SMILES string of the molecule is C[C@@H]1[C@@H](N(C)S(C)(=O)=O)CN1c1ccc(CCCOC2CCCCO2)c2cc(Cl)ncc12. The van der Waals surface area contributed by atoms with Crippen LogP contribution >= 0.6 is 11.6 Å². The molecule has 2 saturated heterocycles. The molecule has 0 N–H and O–H groups in total. The predicted octanol–water partition coefficient (Wildman–Crippen LogP) is 3.83. The number of rotatable bonds is 8. The number of aryl methyl sites for hydroxylation is 1. The Hall–Kier alpha value is -1.45. The van der Waals surface area contributed by atoms with Crippen molar-refractivity contribution in [2.45, 2.75) is 57.4 Å². The fourth-order valence-electron chi connectivity index (χ4n) is 4.62. The standard InChI is InChI=1S/C23H32ClN3O4S/c1-16-21(26(2)32(3,28)29)15-27(16)20-10-9-17(18-13-22(24)25-14-19(18)20)7-6-12-31-23-8-4-5-11-30-23/h9-10,13-14,16,21,23H,4-8,11-12,15H2,1-3H3/t16-,21+,23?/m1/s1. The second-order valence-electron chi connectivity index (χ2n) is 8.81. The molecular formula is C23H32ClN3O4S. The van der Waals surface area contributed by atoms with Gasteiger partial charge >= 0.3 is 0 Å². The number of benzene rings is 1. The molecule has 2 fully saturated rings. The van der Waals surface area contributed by atoms with Crippen LogP contribution in [0, 0.1) is 0 Å². The van der Waals surface area contributed by atoms with E-state index in [4.69, 9.17) is 21.1 Å². The number of nitrogens with zero attached hydrogens (tertiary/aromatic N) is 3. The summed E-state index contributed by atoms with van der Waals surface area (Å²) in [6.07, 6.45) is 8.04. The number of likely N-dealkylation sites (N-methyl/N-ethyl adjacent to an activating group) is 1. The Bertz CT molecular complexity index is 1060. The molecule has 1 unspecified atom stereocenters. The quantitative estimate of drug-likeness (QED) is 0.421. The van der Waals surface area contributed by atoms with Gasteiger partial charge in [0.25, 0.3) is 0 Å². The maximum absolute atomic E-state index is 11.9. The third kappa shape index (κ3) is 5.04. The van der Waals surface area contributed by atoms with Crippen LogP contribution in [0.25, 0.3) is 10.8 Å². The summed E-state index contributed by atoms with van der Waals surface area (Å²) in [5, 5.41) is 2.59. The average molecular weight is 482 g/mol. The van der Waals surface area contributed by atoms with E-state index in [1.807, 2.05) is 12.3 Å². The van der Waals surface area contributed by atoms with Gasteiger partial charge in [-0.2, -0.15) is 4.31 Å². The van der Waals surface area contributed by atoms with Crippen molar-refractivity contribution in [2.75, 3.05) is 38.0 Å². The zero-order valence-corrected chi connectivity index (χ0v) is 20.5. The highest BCUT2D eigenvalue weighted by molar-refractivity contribution is 7.88. The molecule has 32 heavy (non-hydrogen) atoms. The molecule has 2 aromatic rings. The van der Waals surface area contributed by atoms with Gasteiger partial charge in [0.2, 0.25) is 10.0 Å². The minimum atomic E-state index is -3.22. The Morgan fingerprint density at radius 2 is 2.12 bits per heavy atom. The molecule has 0 radical (unpaired) electrons. The highest BCUT2D eigenvalue weighted by atomic mass is 35.5. The van der Waals surface area contributed by atoms with Crippen LogP contribution in [0.3, 0.4) is 0 Å². The van der Waals surface area contributed by atoms with Crippen LogP contribution < -0.4 is 4.90 Å². The fraction of sp³-hybridized carbons (Fsp3) is 0.609. The van der Waals surface area contributed by atoms with Crippen molar-refractivity contribution in [1.29, 1.82) is 0 Å². The maximum Gasteiger partial charge on any atom is 0.211 e. The van der Waals surface area contributed by atoms with Crippen LogP contribution in [-0.4, -0.2) is 69.1 Å². The lowest BCUT2D eigenvalue weighted by molar-refractivity contribution is -0.162. The zero-order chi connectivity index (χ0) is 22.9. The van der Waals surface area contributed by atoms with Crippen molar-refractivity contribution in [2.24, 2.45) is 0 Å². The molecule has 0 bridgehead atoms. The lowest BCUT2D eigenvalue weighted by atomic mass is 9.94. The molecule has 0 spiro atoms. The Kier molecular flexibility index (Phi) is 7.27. The number of sulfonamides is 1. The number of ether oxygens (including phenoxy) is 2. The third-order valence-electron chi connectivity index (χ3n) is 6.70. The number of aromatic nitrogens is 1. The van der Waals surface area contributed by atoms with Crippen LogP contribution in [0.5, 0.6) is 0 Å². The van der Waals surface area contributed by atoms with E-state index in [0.29, 0.717) is 18.3 Å². The first-order chi connectivity index (χ1) is 15.3. The lowest BCUT2D eigenvalue weighted by Crippen LogP contribution is -2.65. The van der Waals surface area contributed by atoms with Gasteiger partial charge in [-0.25, -0.2) is 13.4 Å². The van der Waals surface area contributed by atoms with E-state index in [9.17, 15) is 8.42 Å². The molecule has 3 heterocycles. The first-order valence-corrected chi connectivity index (χ1v) is 13.5. The highest BCUT2D eigenvalue weighted by Crippen LogP contribution is 2.37. The van der Waals surface area contributed by atoms with E-state index in [2.05, 4.69) is 28.9 Å². The van der Waals surface area contributed by atoms with Gasteiger partial charge in [-0.15, -0.1) is 0 Å². The van der Waals surface area contributed by atoms with Crippen LogP contribution in [-0.2, 0) is 25.9 Å². The molecule has 0 saturated carbocycles. The van der Waals surface area contributed by atoms with Crippen LogP contribution in [0.15, 0.2) is 24.4 Å². The molecule has 1 aromatic heterocycles. The number of halogens is 1. The van der Waals surface area contributed by atoms with Crippen LogP contribution in [0.2, 0.25) is 5.15 Å². The minimum absolute atomic E-state index is 0.0425. The minimum Gasteiger partial charge on any atom is -0.365 e. The Morgan fingerprint density at radius 1 is 1.31 bits per heavy atom. The van der Waals surface area contributed by atoms with Gasteiger partial charge in [0.15, 0.2) is 6.29 Å². The molecule has 0 amide bonds. The number of hydrogen-bond acceptors (Lipinski definition) is 6. The van der Waals surface area contributed by atoms with Crippen LogP contribution in [0.4, 0.5) is 5.69 Å². The molecule has 1 aromatic carbocycles. The van der Waals surface area contributed by atoms with Crippen molar-refractivity contribution in [3.63, 3.8) is 0 Å². The summed E-state index contributed by atoms with van der Waals surface area (Å²) in [4.78, 5) is 6.55. The molecule has 2 aliphatic rings.